The molecule has 3 rings (SSSR count). The SMILES string of the molecule is FC(F)(F)c1cccc(/C=N\NC(=S)NC2CC3C=CC2C3)c1. The first-order valence-electron chi connectivity index (χ1n) is 7.37. The summed E-state index contributed by atoms with van der Waals surface area (Å²) in [6.45, 7) is 0. The molecule has 0 aliphatic heterocycles. The predicted octanol–water partition coefficient (Wildman–Crippen LogP) is 3.47. The molecule has 0 spiro atoms. The first-order chi connectivity index (χ1) is 10.9. The van der Waals surface area contributed by atoms with Crippen molar-refractivity contribution >= 4 is 23.5 Å². The van der Waals surface area contributed by atoms with Gasteiger partial charge in [-0.1, -0.05) is 24.3 Å². The minimum atomic E-state index is -4.36. The van der Waals surface area contributed by atoms with Crippen LogP contribution in [0.3, 0.4) is 0 Å². The quantitative estimate of drug-likeness (QED) is 0.383. The van der Waals surface area contributed by atoms with Gasteiger partial charge in [0.05, 0.1) is 11.8 Å². The van der Waals surface area contributed by atoms with E-state index < -0.39 is 11.7 Å². The molecule has 0 aromatic heterocycles. The second-order valence-electron chi connectivity index (χ2n) is 5.85. The lowest BCUT2D eigenvalue weighted by atomic mass is 10.0. The van der Waals surface area contributed by atoms with E-state index in [-0.39, 0.29) is 0 Å². The minimum absolute atomic E-state index is 0.314. The molecule has 3 unspecified atom stereocenters. The lowest BCUT2D eigenvalue weighted by molar-refractivity contribution is -0.137. The van der Waals surface area contributed by atoms with Crippen molar-refractivity contribution in [3.05, 3.63) is 47.5 Å². The molecule has 0 amide bonds. The highest BCUT2D eigenvalue weighted by molar-refractivity contribution is 7.80. The van der Waals surface area contributed by atoms with E-state index in [0.29, 0.717) is 28.6 Å². The number of thiocarbonyl (C=S) groups is 1. The molecule has 3 atom stereocenters. The largest absolute Gasteiger partial charge is 0.416 e. The average molecular weight is 339 g/mol. The van der Waals surface area contributed by atoms with E-state index in [4.69, 9.17) is 12.2 Å². The van der Waals surface area contributed by atoms with E-state index in [1.807, 2.05) is 0 Å². The van der Waals surface area contributed by atoms with E-state index in [0.717, 1.165) is 25.0 Å². The number of halogens is 3. The Balaban J connectivity index is 1.52. The molecule has 2 aliphatic carbocycles. The van der Waals surface area contributed by atoms with Gasteiger partial charge in [0.1, 0.15) is 0 Å². The smallest absolute Gasteiger partial charge is 0.358 e. The van der Waals surface area contributed by atoms with Crippen LogP contribution in [0.5, 0.6) is 0 Å². The summed E-state index contributed by atoms with van der Waals surface area (Å²) in [5.74, 6) is 1.14. The number of benzene rings is 1. The molecule has 1 aromatic carbocycles. The number of hydrazone groups is 1. The molecule has 23 heavy (non-hydrogen) atoms. The van der Waals surface area contributed by atoms with Crippen LogP contribution >= 0.6 is 12.2 Å². The number of hydrogen-bond acceptors (Lipinski definition) is 2. The van der Waals surface area contributed by atoms with Crippen molar-refractivity contribution in [2.24, 2.45) is 16.9 Å². The van der Waals surface area contributed by atoms with Gasteiger partial charge >= 0.3 is 6.18 Å². The van der Waals surface area contributed by atoms with E-state index in [1.165, 1.54) is 12.3 Å². The third kappa shape index (κ3) is 3.90. The molecule has 0 saturated heterocycles. The first kappa shape index (κ1) is 16.0. The zero-order valence-electron chi connectivity index (χ0n) is 12.2. The van der Waals surface area contributed by atoms with Crippen LogP contribution in [0.2, 0.25) is 0 Å². The topological polar surface area (TPSA) is 36.4 Å². The lowest BCUT2D eigenvalue weighted by Crippen LogP contribution is -2.42. The van der Waals surface area contributed by atoms with Crippen LogP contribution in [0.4, 0.5) is 13.2 Å². The molecule has 1 fully saturated rings. The van der Waals surface area contributed by atoms with Crippen molar-refractivity contribution in [1.82, 2.24) is 10.7 Å². The van der Waals surface area contributed by atoms with Crippen molar-refractivity contribution in [2.75, 3.05) is 0 Å². The first-order valence-corrected chi connectivity index (χ1v) is 7.78. The number of rotatable bonds is 3. The van der Waals surface area contributed by atoms with Gasteiger partial charge in [-0.2, -0.15) is 18.3 Å². The van der Waals surface area contributed by atoms with Gasteiger partial charge in [-0.15, -0.1) is 0 Å². The van der Waals surface area contributed by atoms with Crippen LogP contribution in [-0.2, 0) is 6.18 Å². The Morgan fingerprint density at radius 3 is 2.74 bits per heavy atom. The molecule has 3 nitrogen and oxygen atoms in total. The highest BCUT2D eigenvalue weighted by atomic mass is 32.1. The van der Waals surface area contributed by atoms with Gasteiger partial charge in [0, 0.05) is 6.04 Å². The Labute approximate surface area is 137 Å². The monoisotopic (exact) mass is 339 g/mol. The summed E-state index contributed by atoms with van der Waals surface area (Å²) in [5, 5.41) is 7.50. The molecule has 122 valence electrons. The van der Waals surface area contributed by atoms with Gasteiger partial charge in [-0.25, -0.2) is 0 Å². The maximum atomic E-state index is 12.6. The Bertz CT molecular complexity index is 654. The molecule has 1 saturated carbocycles. The third-order valence-electron chi connectivity index (χ3n) is 4.19. The zero-order chi connectivity index (χ0) is 16.4. The fraction of sp³-hybridized carbons (Fsp3) is 0.375. The predicted molar refractivity (Wildman–Crippen MR) is 87.0 cm³/mol. The average Bonchev–Trinajstić information content (AvgIpc) is 3.09. The van der Waals surface area contributed by atoms with Crippen molar-refractivity contribution in [2.45, 2.75) is 25.1 Å². The summed E-state index contributed by atoms with van der Waals surface area (Å²) in [6, 6.07) is 5.29. The van der Waals surface area contributed by atoms with Crippen LogP contribution in [0.25, 0.3) is 0 Å². The Hall–Kier alpha value is -1.89. The molecule has 2 aliphatic rings. The van der Waals surface area contributed by atoms with Crippen LogP contribution in [-0.4, -0.2) is 17.4 Å². The Morgan fingerprint density at radius 2 is 2.09 bits per heavy atom. The van der Waals surface area contributed by atoms with Crippen molar-refractivity contribution in [1.29, 1.82) is 0 Å². The minimum Gasteiger partial charge on any atom is -0.358 e. The zero-order valence-corrected chi connectivity index (χ0v) is 13.0. The van der Waals surface area contributed by atoms with Crippen LogP contribution in [0, 0.1) is 11.8 Å². The summed E-state index contributed by atoms with van der Waals surface area (Å²) in [5.41, 5.74) is 2.32. The van der Waals surface area contributed by atoms with E-state index in [1.54, 1.807) is 6.07 Å². The standard InChI is InChI=1S/C16H16F3N3S/c17-16(18,19)13-3-1-2-11(7-13)9-20-22-15(23)21-14-8-10-4-5-12(14)6-10/h1-5,7,9-10,12,14H,6,8H2,(H2,21,22,23)/b20-9-. The molecule has 0 heterocycles. The maximum absolute atomic E-state index is 12.6. The molecule has 2 bridgehead atoms. The van der Waals surface area contributed by atoms with Gasteiger partial charge in [-0.05, 0) is 54.6 Å². The maximum Gasteiger partial charge on any atom is 0.416 e. The molecule has 7 heteroatoms. The second kappa shape index (κ2) is 6.31. The van der Waals surface area contributed by atoms with Gasteiger partial charge in [0.25, 0.3) is 0 Å². The summed E-state index contributed by atoms with van der Waals surface area (Å²) in [4.78, 5) is 0. The van der Waals surface area contributed by atoms with Crippen LogP contribution in [0.1, 0.15) is 24.0 Å². The Morgan fingerprint density at radius 1 is 1.26 bits per heavy atom. The van der Waals surface area contributed by atoms with Crippen molar-refractivity contribution < 1.29 is 13.2 Å². The number of hydrogen-bond donors (Lipinski definition) is 2. The number of fused-ring (bicyclic) bond motifs is 2. The Kier molecular flexibility index (Phi) is 4.39. The summed E-state index contributed by atoms with van der Waals surface area (Å²) < 4.78 is 37.9. The molecule has 2 N–H and O–H groups in total. The highest BCUT2D eigenvalue weighted by Gasteiger charge is 2.35. The van der Waals surface area contributed by atoms with Gasteiger partial charge < -0.3 is 5.32 Å². The fourth-order valence-electron chi connectivity index (χ4n) is 3.11. The molecule has 0 radical (unpaired) electrons. The van der Waals surface area contributed by atoms with Crippen LogP contribution < -0.4 is 10.7 Å². The van der Waals surface area contributed by atoms with E-state index >= 15 is 0 Å². The van der Waals surface area contributed by atoms with Gasteiger partial charge in [0.2, 0.25) is 0 Å². The molecular weight excluding hydrogens is 323 g/mol. The lowest BCUT2D eigenvalue weighted by Gasteiger charge is -2.20. The number of alkyl halides is 3. The molecule has 1 aromatic rings. The fourth-order valence-corrected chi connectivity index (χ4v) is 3.31. The van der Waals surface area contributed by atoms with Crippen molar-refractivity contribution in [3.8, 4) is 0 Å². The summed E-state index contributed by atoms with van der Waals surface area (Å²) in [6.07, 6.45) is 3.63. The van der Waals surface area contributed by atoms with Gasteiger partial charge in [0.15, 0.2) is 5.11 Å². The molecular formula is C16H16F3N3S. The number of nitrogens with zero attached hydrogens (tertiary/aromatic N) is 1. The number of allylic oxidation sites excluding steroid dienone is 1. The summed E-state index contributed by atoms with van der Waals surface area (Å²) in [7, 11) is 0. The van der Waals surface area contributed by atoms with Crippen LogP contribution in [0.15, 0.2) is 41.5 Å². The van der Waals surface area contributed by atoms with E-state index in [2.05, 4.69) is 28.0 Å². The summed E-state index contributed by atoms with van der Waals surface area (Å²) >= 11 is 5.17. The second-order valence-corrected chi connectivity index (χ2v) is 6.26. The normalized spacial score (nSPS) is 26.0. The van der Waals surface area contributed by atoms with E-state index in [9.17, 15) is 13.2 Å². The third-order valence-corrected chi connectivity index (χ3v) is 4.40. The van der Waals surface area contributed by atoms with Gasteiger partial charge in [-0.3, -0.25) is 5.43 Å². The van der Waals surface area contributed by atoms with Crippen molar-refractivity contribution in [3.63, 3.8) is 0 Å². The highest BCUT2D eigenvalue weighted by Crippen LogP contribution is 2.38. The number of nitrogens with one attached hydrogen (secondary N) is 2.